The van der Waals surface area contributed by atoms with Crippen LogP contribution in [0.25, 0.3) is 17.0 Å². The molecule has 0 atom stereocenters. The number of piperidine rings is 1. The van der Waals surface area contributed by atoms with E-state index in [1.165, 1.54) is 24.3 Å². The zero-order chi connectivity index (χ0) is 28.3. The SMILES string of the molecule is C=C(C)c1nnc(-c2ccc(S(=O)(=O)CCC3CCN(C(=O)OC(C(F)(F)F)C(F)(F)F)CC3)cc2)nn1. The maximum Gasteiger partial charge on any atom is 0.434 e. The summed E-state index contributed by atoms with van der Waals surface area (Å²) in [4.78, 5) is 12.7. The molecular weight excluding hydrogens is 544 g/mol. The van der Waals surface area contributed by atoms with Gasteiger partial charge in [-0.05, 0) is 61.9 Å². The monoisotopic (exact) mass is 567 g/mol. The van der Waals surface area contributed by atoms with E-state index in [2.05, 4.69) is 31.7 Å². The van der Waals surface area contributed by atoms with Gasteiger partial charge in [-0.3, -0.25) is 0 Å². The Morgan fingerprint density at radius 1 is 1.03 bits per heavy atom. The Kier molecular flexibility index (Phi) is 8.63. The minimum Gasteiger partial charge on any atom is -0.426 e. The summed E-state index contributed by atoms with van der Waals surface area (Å²) < 4.78 is 105. The van der Waals surface area contributed by atoms with Gasteiger partial charge in [-0.15, -0.1) is 20.4 Å². The molecule has 16 heteroatoms. The fourth-order valence-corrected chi connectivity index (χ4v) is 5.10. The van der Waals surface area contributed by atoms with Crippen LogP contribution in [-0.2, 0) is 14.6 Å². The summed E-state index contributed by atoms with van der Waals surface area (Å²) >= 11 is 0. The molecule has 38 heavy (non-hydrogen) atoms. The first-order valence-corrected chi connectivity index (χ1v) is 12.9. The molecular formula is C22H23F6N5O4S. The van der Waals surface area contributed by atoms with E-state index < -0.39 is 34.4 Å². The number of carbonyl (C=O) groups is 1. The normalized spacial score (nSPS) is 15.5. The Balaban J connectivity index is 1.53. The molecule has 1 aliphatic heterocycles. The fraction of sp³-hybridized carbons (Fsp3) is 0.500. The van der Waals surface area contributed by atoms with Crippen molar-refractivity contribution in [3.05, 3.63) is 36.7 Å². The summed E-state index contributed by atoms with van der Waals surface area (Å²) in [6.45, 7) is 5.06. The summed E-state index contributed by atoms with van der Waals surface area (Å²) in [7, 11) is -3.69. The highest BCUT2D eigenvalue weighted by atomic mass is 32.2. The minimum atomic E-state index is -5.80. The number of halogens is 6. The zero-order valence-corrected chi connectivity index (χ0v) is 20.8. The van der Waals surface area contributed by atoms with Gasteiger partial charge in [0.05, 0.1) is 10.6 Å². The summed E-state index contributed by atoms with van der Waals surface area (Å²) in [6.07, 6.45) is -16.9. The molecule has 208 valence electrons. The topological polar surface area (TPSA) is 115 Å². The van der Waals surface area contributed by atoms with Crippen molar-refractivity contribution in [3.63, 3.8) is 0 Å². The second-order valence-corrected chi connectivity index (χ2v) is 10.8. The molecule has 2 heterocycles. The highest BCUT2D eigenvalue weighted by Crippen LogP contribution is 2.36. The van der Waals surface area contributed by atoms with Crippen LogP contribution >= 0.6 is 0 Å². The van der Waals surface area contributed by atoms with Crippen molar-refractivity contribution in [2.45, 2.75) is 49.5 Å². The van der Waals surface area contributed by atoms with E-state index in [-0.39, 0.29) is 60.6 Å². The van der Waals surface area contributed by atoms with Crippen LogP contribution in [0, 0.1) is 5.92 Å². The first-order chi connectivity index (χ1) is 17.6. The molecule has 9 nitrogen and oxygen atoms in total. The van der Waals surface area contributed by atoms with Gasteiger partial charge in [0.15, 0.2) is 15.7 Å². The zero-order valence-electron chi connectivity index (χ0n) is 20.0. The number of allylic oxidation sites excluding steroid dienone is 1. The molecule has 0 radical (unpaired) electrons. The van der Waals surface area contributed by atoms with Gasteiger partial charge in [0.25, 0.3) is 6.10 Å². The average Bonchev–Trinajstić information content (AvgIpc) is 2.85. The van der Waals surface area contributed by atoms with Gasteiger partial charge in [-0.2, -0.15) is 26.3 Å². The maximum atomic E-state index is 12.8. The van der Waals surface area contributed by atoms with Gasteiger partial charge in [0.2, 0.25) is 5.82 Å². The Morgan fingerprint density at radius 3 is 2.03 bits per heavy atom. The number of rotatable bonds is 7. The Bertz CT molecular complexity index is 1230. The van der Waals surface area contributed by atoms with Crippen molar-refractivity contribution in [2.24, 2.45) is 5.92 Å². The quantitative estimate of drug-likeness (QED) is 0.450. The lowest BCUT2D eigenvalue weighted by Crippen LogP contribution is -2.49. The van der Waals surface area contributed by atoms with E-state index in [9.17, 15) is 39.6 Å². The van der Waals surface area contributed by atoms with Gasteiger partial charge in [-0.25, -0.2) is 13.2 Å². The van der Waals surface area contributed by atoms with E-state index in [1.54, 1.807) is 6.92 Å². The van der Waals surface area contributed by atoms with Crippen molar-refractivity contribution >= 4 is 21.5 Å². The predicted molar refractivity (Wildman–Crippen MR) is 121 cm³/mol. The lowest BCUT2D eigenvalue weighted by Gasteiger charge is -2.33. The number of nitrogens with zero attached hydrogens (tertiary/aromatic N) is 5. The van der Waals surface area contributed by atoms with E-state index >= 15 is 0 Å². The molecule has 0 N–H and O–H groups in total. The number of alkyl halides is 6. The molecule has 1 aromatic heterocycles. The molecule has 1 saturated heterocycles. The molecule has 0 bridgehead atoms. The van der Waals surface area contributed by atoms with Crippen LogP contribution in [0.4, 0.5) is 31.1 Å². The minimum absolute atomic E-state index is 0.0482. The summed E-state index contributed by atoms with van der Waals surface area (Å²) in [6, 6.07) is 5.78. The van der Waals surface area contributed by atoms with Gasteiger partial charge in [-0.1, -0.05) is 6.58 Å². The maximum absolute atomic E-state index is 12.8. The molecule has 1 aromatic carbocycles. The Labute approximate surface area is 213 Å². The molecule has 0 aliphatic carbocycles. The van der Waals surface area contributed by atoms with Crippen LogP contribution in [0.5, 0.6) is 0 Å². The molecule has 0 unspecified atom stereocenters. The average molecular weight is 568 g/mol. The molecule has 3 rings (SSSR count). The number of carbonyl (C=O) groups excluding carboxylic acids is 1. The number of sulfone groups is 1. The van der Waals surface area contributed by atoms with E-state index in [0.717, 1.165) is 4.90 Å². The third-order valence-electron chi connectivity index (χ3n) is 5.81. The summed E-state index contributed by atoms with van der Waals surface area (Å²) in [5.74, 6) is 0.0357. The largest absolute Gasteiger partial charge is 0.434 e. The number of amides is 1. The first kappa shape index (κ1) is 29.3. The van der Waals surface area contributed by atoms with Crippen LogP contribution in [0.1, 0.15) is 32.0 Å². The number of ether oxygens (including phenoxy) is 1. The van der Waals surface area contributed by atoms with Gasteiger partial charge in [0, 0.05) is 18.7 Å². The van der Waals surface area contributed by atoms with Crippen LogP contribution in [0.15, 0.2) is 35.7 Å². The van der Waals surface area contributed by atoms with Crippen molar-refractivity contribution in [1.82, 2.24) is 25.3 Å². The highest BCUT2D eigenvalue weighted by molar-refractivity contribution is 7.91. The standard InChI is InChI=1S/C22H23F6N5O4S/c1-13(2)17-29-31-18(32-30-17)15-3-5-16(6-4-15)38(35,36)12-9-14-7-10-33(11-8-14)20(34)37-19(21(23,24)25)22(26,27)28/h3-6,14,19H,1,7-12H2,2H3. The number of hydrogen-bond acceptors (Lipinski definition) is 8. The van der Waals surface area contributed by atoms with Crippen molar-refractivity contribution in [2.75, 3.05) is 18.8 Å². The summed E-state index contributed by atoms with van der Waals surface area (Å²) in [5.41, 5.74) is 1.08. The Hall–Kier alpha value is -3.30. The second kappa shape index (κ2) is 11.2. The van der Waals surface area contributed by atoms with Crippen molar-refractivity contribution in [3.8, 4) is 11.4 Å². The van der Waals surface area contributed by atoms with Crippen LogP contribution in [-0.4, -0.2) is 77.1 Å². The lowest BCUT2D eigenvalue weighted by molar-refractivity contribution is -0.308. The molecule has 2 aromatic rings. The molecule has 1 aliphatic rings. The van der Waals surface area contributed by atoms with E-state index in [4.69, 9.17) is 0 Å². The van der Waals surface area contributed by atoms with Gasteiger partial charge in [0.1, 0.15) is 0 Å². The van der Waals surface area contributed by atoms with Gasteiger partial charge >= 0.3 is 18.4 Å². The van der Waals surface area contributed by atoms with Crippen molar-refractivity contribution in [1.29, 1.82) is 0 Å². The van der Waals surface area contributed by atoms with Crippen LogP contribution in [0.2, 0.25) is 0 Å². The van der Waals surface area contributed by atoms with E-state index in [1.807, 2.05) is 0 Å². The molecule has 1 fully saturated rings. The van der Waals surface area contributed by atoms with Crippen molar-refractivity contribution < 1.29 is 44.3 Å². The summed E-state index contributed by atoms with van der Waals surface area (Å²) in [5, 5.41) is 15.6. The number of aromatic nitrogens is 4. The smallest absolute Gasteiger partial charge is 0.426 e. The van der Waals surface area contributed by atoms with E-state index in [0.29, 0.717) is 11.1 Å². The highest BCUT2D eigenvalue weighted by Gasteiger charge is 2.60. The second-order valence-electron chi connectivity index (χ2n) is 8.74. The number of hydrogen-bond donors (Lipinski definition) is 0. The predicted octanol–water partition coefficient (Wildman–Crippen LogP) is 4.47. The number of likely N-dealkylation sites (tertiary alicyclic amines) is 1. The fourth-order valence-electron chi connectivity index (χ4n) is 3.67. The third kappa shape index (κ3) is 7.39. The van der Waals surface area contributed by atoms with Crippen LogP contribution in [0.3, 0.4) is 0 Å². The molecule has 0 spiro atoms. The molecule has 0 saturated carbocycles. The van der Waals surface area contributed by atoms with Crippen LogP contribution < -0.4 is 0 Å². The first-order valence-electron chi connectivity index (χ1n) is 11.2. The third-order valence-corrected chi connectivity index (χ3v) is 7.58. The Morgan fingerprint density at radius 2 is 1.55 bits per heavy atom. The lowest BCUT2D eigenvalue weighted by atomic mass is 9.95. The number of benzene rings is 1. The molecule has 1 amide bonds. The van der Waals surface area contributed by atoms with Gasteiger partial charge < -0.3 is 9.64 Å².